The zero-order chi connectivity index (χ0) is 24.4. The first-order valence-corrected chi connectivity index (χ1v) is 13.1. The van der Waals surface area contributed by atoms with Gasteiger partial charge in [-0.3, -0.25) is 9.59 Å². The van der Waals surface area contributed by atoms with Gasteiger partial charge in [-0.05, 0) is 55.4 Å². The van der Waals surface area contributed by atoms with E-state index in [1.165, 1.54) is 21.8 Å². The Bertz CT molecular complexity index is 1410. The molecule has 1 aliphatic carbocycles. The number of fused-ring (bicyclic) bond motifs is 2. The first kappa shape index (κ1) is 23.2. The summed E-state index contributed by atoms with van der Waals surface area (Å²) >= 11 is 1.49. The number of anilines is 1. The fourth-order valence-electron chi connectivity index (χ4n) is 4.90. The zero-order valence-electron chi connectivity index (χ0n) is 19.9. The predicted molar refractivity (Wildman–Crippen MR) is 143 cm³/mol. The van der Waals surface area contributed by atoms with E-state index < -0.39 is 5.91 Å². The summed E-state index contributed by atoms with van der Waals surface area (Å²) in [4.78, 5) is 32.0. The van der Waals surface area contributed by atoms with E-state index >= 15 is 0 Å². The molecule has 0 aliphatic heterocycles. The summed E-state index contributed by atoms with van der Waals surface area (Å²) in [6.45, 7) is 2.17. The number of para-hydroxylation sites is 1. The molecule has 0 bridgehead atoms. The van der Waals surface area contributed by atoms with E-state index in [0.717, 1.165) is 72.7 Å². The topological polar surface area (TPSA) is 85.1 Å². The maximum Gasteiger partial charge on any atom is 0.257 e. The number of pyridine rings is 1. The van der Waals surface area contributed by atoms with E-state index in [4.69, 9.17) is 10.7 Å². The van der Waals surface area contributed by atoms with Crippen LogP contribution in [0, 0.1) is 0 Å². The average molecular weight is 484 g/mol. The Hall–Kier alpha value is -3.51. The highest BCUT2D eigenvalue weighted by Gasteiger charge is 2.25. The van der Waals surface area contributed by atoms with Gasteiger partial charge in [0.2, 0.25) is 0 Å². The van der Waals surface area contributed by atoms with Gasteiger partial charge in [0, 0.05) is 15.8 Å². The molecule has 6 heteroatoms. The smallest absolute Gasteiger partial charge is 0.257 e. The predicted octanol–water partition coefficient (Wildman–Crippen LogP) is 6.54. The van der Waals surface area contributed by atoms with Crippen molar-refractivity contribution < 1.29 is 9.59 Å². The lowest BCUT2D eigenvalue weighted by molar-refractivity contribution is 0.100. The second kappa shape index (κ2) is 10.0. The number of carbonyl (C=O) groups excluding carboxylic acids is 2. The highest BCUT2D eigenvalue weighted by molar-refractivity contribution is 7.17. The van der Waals surface area contributed by atoms with Crippen LogP contribution in [0.25, 0.3) is 22.2 Å². The number of primary amides is 1. The minimum Gasteiger partial charge on any atom is -0.365 e. The van der Waals surface area contributed by atoms with Crippen molar-refractivity contribution in [3.63, 3.8) is 0 Å². The van der Waals surface area contributed by atoms with Crippen molar-refractivity contribution in [3.05, 3.63) is 81.7 Å². The van der Waals surface area contributed by atoms with E-state index in [9.17, 15) is 9.59 Å². The van der Waals surface area contributed by atoms with Gasteiger partial charge in [0.1, 0.15) is 5.00 Å². The molecule has 0 saturated carbocycles. The standard InChI is InChI=1S/C29H29N3O2S/c1-2-8-18-13-15-19(16-14-18)24-17-22(20-9-6-7-11-23(20)31-24)28(34)32-29-26(27(30)33)21-10-4-3-5-12-25(21)35-29/h6-7,9,11,13-17H,2-5,8,10,12H2,1H3,(H2,30,33)(H,32,34). The molecule has 0 radical (unpaired) electrons. The van der Waals surface area contributed by atoms with Gasteiger partial charge in [0.25, 0.3) is 11.8 Å². The van der Waals surface area contributed by atoms with Crippen LogP contribution < -0.4 is 11.1 Å². The molecule has 2 amide bonds. The molecule has 0 unspecified atom stereocenters. The van der Waals surface area contributed by atoms with Crippen molar-refractivity contribution in [1.82, 2.24) is 4.98 Å². The van der Waals surface area contributed by atoms with E-state index in [1.54, 1.807) is 0 Å². The van der Waals surface area contributed by atoms with Crippen LogP contribution in [-0.2, 0) is 19.3 Å². The Kier molecular flexibility index (Phi) is 6.64. The number of thiophene rings is 1. The number of aryl methyl sites for hydroxylation is 2. The largest absolute Gasteiger partial charge is 0.365 e. The van der Waals surface area contributed by atoms with Crippen LogP contribution in [0.15, 0.2) is 54.6 Å². The second-order valence-corrected chi connectivity index (χ2v) is 10.2. The molecule has 5 rings (SSSR count). The SMILES string of the molecule is CCCc1ccc(-c2cc(C(=O)Nc3sc4c(c3C(N)=O)CCCCC4)c3ccccc3n2)cc1. The third kappa shape index (κ3) is 4.71. The monoisotopic (exact) mass is 483 g/mol. The number of nitrogens with one attached hydrogen (secondary N) is 1. The molecular formula is C29H29N3O2S. The number of nitrogens with two attached hydrogens (primary N) is 1. The van der Waals surface area contributed by atoms with Crippen LogP contribution in [0.2, 0.25) is 0 Å². The van der Waals surface area contributed by atoms with Gasteiger partial charge in [-0.2, -0.15) is 0 Å². The minimum atomic E-state index is -0.479. The van der Waals surface area contributed by atoms with Gasteiger partial charge in [0.05, 0.1) is 22.3 Å². The van der Waals surface area contributed by atoms with Crippen LogP contribution in [0.4, 0.5) is 5.00 Å². The summed E-state index contributed by atoms with van der Waals surface area (Å²) in [6, 6.07) is 17.9. The van der Waals surface area contributed by atoms with Crippen LogP contribution in [0.3, 0.4) is 0 Å². The van der Waals surface area contributed by atoms with Gasteiger partial charge in [-0.1, -0.05) is 62.2 Å². The fraction of sp³-hybridized carbons (Fsp3) is 0.276. The molecule has 2 aromatic heterocycles. The van der Waals surface area contributed by atoms with Crippen molar-refractivity contribution in [3.8, 4) is 11.3 Å². The molecule has 2 aromatic carbocycles. The molecule has 5 nitrogen and oxygen atoms in total. The maximum absolute atomic E-state index is 13.6. The molecule has 1 aliphatic rings. The molecule has 4 aromatic rings. The van der Waals surface area contributed by atoms with Crippen LogP contribution in [-0.4, -0.2) is 16.8 Å². The minimum absolute atomic E-state index is 0.258. The quantitative estimate of drug-likeness (QED) is 0.306. The van der Waals surface area contributed by atoms with E-state index in [0.29, 0.717) is 16.1 Å². The normalized spacial score (nSPS) is 13.3. The molecule has 2 heterocycles. The maximum atomic E-state index is 13.6. The lowest BCUT2D eigenvalue weighted by Gasteiger charge is -2.11. The molecule has 35 heavy (non-hydrogen) atoms. The number of rotatable bonds is 6. The third-order valence-electron chi connectivity index (χ3n) is 6.64. The summed E-state index contributed by atoms with van der Waals surface area (Å²) in [7, 11) is 0. The van der Waals surface area contributed by atoms with Crippen molar-refractivity contribution in [2.45, 2.75) is 51.9 Å². The Morgan fingerprint density at radius 2 is 1.80 bits per heavy atom. The summed E-state index contributed by atoms with van der Waals surface area (Å²) in [6.07, 6.45) is 7.15. The van der Waals surface area contributed by atoms with Gasteiger partial charge >= 0.3 is 0 Å². The summed E-state index contributed by atoms with van der Waals surface area (Å²) in [5, 5.41) is 4.36. The summed E-state index contributed by atoms with van der Waals surface area (Å²) in [5.74, 6) is -0.737. The van der Waals surface area contributed by atoms with Gasteiger partial charge in [-0.15, -0.1) is 11.3 Å². The molecule has 0 saturated heterocycles. The Balaban J connectivity index is 1.54. The highest BCUT2D eigenvalue weighted by Crippen LogP contribution is 2.38. The summed E-state index contributed by atoms with van der Waals surface area (Å²) < 4.78 is 0. The number of nitrogens with zero attached hydrogens (tertiary/aromatic N) is 1. The number of carbonyl (C=O) groups is 2. The number of aromatic nitrogens is 1. The highest BCUT2D eigenvalue weighted by atomic mass is 32.1. The van der Waals surface area contributed by atoms with Crippen LogP contribution >= 0.6 is 11.3 Å². The molecule has 178 valence electrons. The Morgan fingerprint density at radius 1 is 1.03 bits per heavy atom. The number of benzene rings is 2. The fourth-order valence-corrected chi connectivity index (χ4v) is 6.19. The van der Waals surface area contributed by atoms with Gasteiger partial charge in [0.15, 0.2) is 0 Å². The molecular weight excluding hydrogens is 454 g/mol. The zero-order valence-corrected chi connectivity index (χ0v) is 20.7. The average Bonchev–Trinajstić information content (AvgIpc) is 3.04. The second-order valence-electron chi connectivity index (χ2n) is 9.11. The number of hydrogen-bond donors (Lipinski definition) is 2. The third-order valence-corrected chi connectivity index (χ3v) is 7.85. The first-order chi connectivity index (χ1) is 17.0. The molecule has 3 N–H and O–H groups in total. The van der Waals surface area contributed by atoms with Crippen molar-refractivity contribution in [1.29, 1.82) is 0 Å². The van der Waals surface area contributed by atoms with E-state index in [1.807, 2.05) is 30.3 Å². The first-order valence-electron chi connectivity index (χ1n) is 12.3. The van der Waals surface area contributed by atoms with Crippen molar-refractivity contribution >= 4 is 39.1 Å². The molecule has 0 fully saturated rings. The Labute approximate surface area is 209 Å². The van der Waals surface area contributed by atoms with Gasteiger partial charge < -0.3 is 11.1 Å². The molecule has 0 atom stereocenters. The van der Waals surface area contributed by atoms with Gasteiger partial charge in [-0.25, -0.2) is 4.98 Å². The molecule has 0 spiro atoms. The number of amides is 2. The summed E-state index contributed by atoms with van der Waals surface area (Å²) in [5.41, 5.74) is 11.5. The number of hydrogen-bond acceptors (Lipinski definition) is 4. The van der Waals surface area contributed by atoms with Crippen LogP contribution in [0.1, 0.15) is 69.3 Å². The Morgan fingerprint density at radius 3 is 2.57 bits per heavy atom. The van der Waals surface area contributed by atoms with E-state index in [2.05, 4.69) is 36.5 Å². The lowest BCUT2D eigenvalue weighted by atomic mass is 10.0. The van der Waals surface area contributed by atoms with Crippen molar-refractivity contribution in [2.75, 3.05) is 5.32 Å². The van der Waals surface area contributed by atoms with Crippen molar-refractivity contribution in [2.24, 2.45) is 5.73 Å². The lowest BCUT2D eigenvalue weighted by Crippen LogP contribution is -2.18. The van der Waals surface area contributed by atoms with E-state index in [-0.39, 0.29) is 5.91 Å². The van der Waals surface area contributed by atoms with Crippen LogP contribution in [0.5, 0.6) is 0 Å².